The summed E-state index contributed by atoms with van der Waals surface area (Å²) >= 11 is 5.35. The summed E-state index contributed by atoms with van der Waals surface area (Å²) in [6, 6.07) is 31.9. The summed E-state index contributed by atoms with van der Waals surface area (Å²) in [5.41, 5.74) is 2.70. The van der Waals surface area contributed by atoms with Gasteiger partial charge in [0.15, 0.2) is 5.11 Å². The molecule has 0 aliphatic carbocycles. The molecule has 1 aromatic heterocycles. The summed E-state index contributed by atoms with van der Waals surface area (Å²) in [6.45, 7) is 0. The zero-order valence-corrected chi connectivity index (χ0v) is 20.2. The molecule has 5 aromatic rings. The second-order valence-electron chi connectivity index (χ2n) is 8.47. The van der Waals surface area contributed by atoms with E-state index in [1.165, 1.54) is 4.90 Å². The molecular weight excluding hydrogens is 482 g/mol. The van der Waals surface area contributed by atoms with E-state index in [0.29, 0.717) is 28.3 Å². The molecule has 2 heterocycles. The number of amides is 2. The van der Waals surface area contributed by atoms with E-state index in [0.717, 1.165) is 16.3 Å². The Bertz CT molecular complexity index is 1730. The molecule has 2 amide bonds. The molecule has 6 nitrogen and oxygen atoms in total. The van der Waals surface area contributed by atoms with Crippen LogP contribution in [0.1, 0.15) is 5.56 Å². The lowest BCUT2D eigenvalue weighted by molar-refractivity contribution is -0.122. The second-order valence-corrected chi connectivity index (χ2v) is 8.85. The number of benzene rings is 4. The van der Waals surface area contributed by atoms with E-state index in [-0.39, 0.29) is 10.7 Å². The standard InChI is InChI=1S/C30H19N3O3S/c34-28-25(18-21-9-6-8-20-17-19-7-4-5-12-26(19)31-27(20)21)29(35)33(30(37)32-28)22-13-15-24(16-14-22)36-23-10-2-1-3-11-23/h1-18H,(H,32,34,37)/b25-18+. The van der Waals surface area contributed by atoms with Gasteiger partial charge in [-0.2, -0.15) is 0 Å². The first-order chi connectivity index (χ1) is 18.1. The number of carbonyl (C=O) groups excluding carboxylic acids is 2. The fourth-order valence-corrected chi connectivity index (χ4v) is 4.56. The Morgan fingerprint density at radius 1 is 0.784 bits per heavy atom. The number of nitrogens with zero attached hydrogens (tertiary/aromatic N) is 2. The Labute approximate surface area is 217 Å². The van der Waals surface area contributed by atoms with E-state index in [9.17, 15) is 9.59 Å². The molecule has 6 rings (SSSR count). The topological polar surface area (TPSA) is 71.5 Å². The maximum absolute atomic E-state index is 13.5. The minimum absolute atomic E-state index is 0.0194. The number of nitrogens with one attached hydrogen (secondary N) is 1. The van der Waals surface area contributed by atoms with E-state index in [4.69, 9.17) is 21.9 Å². The molecule has 37 heavy (non-hydrogen) atoms. The predicted octanol–water partition coefficient (Wildman–Crippen LogP) is 6.01. The molecule has 0 bridgehead atoms. The van der Waals surface area contributed by atoms with E-state index in [1.807, 2.05) is 78.9 Å². The Morgan fingerprint density at radius 3 is 2.30 bits per heavy atom. The van der Waals surface area contributed by atoms with Gasteiger partial charge in [0, 0.05) is 16.3 Å². The molecule has 0 radical (unpaired) electrons. The Hall–Kier alpha value is -4.88. The number of hydrogen-bond acceptors (Lipinski definition) is 5. The van der Waals surface area contributed by atoms with Gasteiger partial charge in [0.05, 0.1) is 16.7 Å². The Morgan fingerprint density at radius 2 is 1.49 bits per heavy atom. The molecule has 4 aromatic carbocycles. The number of hydrogen-bond donors (Lipinski definition) is 1. The van der Waals surface area contributed by atoms with Crippen LogP contribution in [0.25, 0.3) is 27.9 Å². The maximum atomic E-state index is 13.5. The zero-order chi connectivity index (χ0) is 25.4. The number of fused-ring (bicyclic) bond motifs is 2. The molecule has 178 valence electrons. The summed E-state index contributed by atoms with van der Waals surface area (Å²) in [5.74, 6) is 0.254. The van der Waals surface area contributed by atoms with Crippen molar-refractivity contribution < 1.29 is 14.3 Å². The van der Waals surface area contributed by atoms with Crippen LogP contribution >= 0.6 is 12.2 Å². The predicted molar refractivity (Wildman–Crippen MR) is 148 cm³/mol. The molecule has 0 atom stereocenters. The molecule has 1 aliphatic rings. The molecule has 0 spiro atoms. The molecule has 1 N–H and O–H groups in total. The molecule has 1 fully saturated rings. The van der Waals surface area contributed by atoms with E-state index < -0.39 is 11.8 Å². The molecule has 7 heteroatoms. The fourth-order valence-electron chi connectivity index (χ4n) is 4.28. The monoisotopic (exact) mass is 501 g/mol. The fraction of sp³-hybridized carbons (Fsp3) is 0. The maximum Gasteiger partial charge on any atom is 0.270 e. The lowest BCUT2D eigenvalue weighted by Crippen LogP contribution is -2.54. The first kappa shape index (κ1) is 22.6. The Balaban J connectivity index is 1.35. The van der Waals surface area contributed by atoms with Crippen molar-refractivity contribution in [3.8, 4) is 11.5 Å². The quantitative estimate of drug-likeness (QED) is 0.141. The molecule has 1 aliphatic heterocycles. The molecule has 0 saturated carbocycles. The van der Waals surface area contributed by atoms with E-state index >= 15 is 0 Å². The lowest BCUT2D eigenvalue weighted by Gasteiger charge is -2.29. The van der Waals surface area contributed by atoms with Crippen LogP contribution in [0, 0.1) is 0 Å². The number of para-hydroxylation sites is 3. The van der Waals surface area contributed by atoms with Crippen molar-refractivity contribution in [3.63, 3.8) is 0 Å². The third-order valence-corrected chi connectivity index (χ3v) is 6.34. The minimum Gasteiger partial charge on any atom is -0.457 e. The van der Waals surface area contributed by atoms with E-state index in [1.54, 1.807) is 30.3 Å². The van der Waals surface area contributed by atoms with Crippen LogP contribution < -0.4 is 15.0 Å². The van der Waals surface area contributed by atoms with Crippen LogP contribution in [0.4, 0.5) is 5.69 Å². The minimum atomic E-state index is -0.548. The smallest absolute Gasteiger partial charge is 0.270 e. The number of anilines is 1. The van der Waals surface area contributed by atoms with Gasteiger partial charge >= 0.3 is 0 Å². The number of rotatable bonds is 4. The number of thiocarbonyl (C=S) groups is 1. The van der Waals surface area contributed by atoms with Crippen LogP contribution in [0.2, 0.25) is 0 Å². The summed E-state index contributed by atoms with van der Waals surface area (Å²) in [7, 11) is 0. The van der Waals surface area contributed by atoms with Crippen molar-refractivity contribution in [1.29, 1.82) is 0 Å². The van der Waals surface area contributed by atoms with E-state index in [2.05, 4.69) is 5.32 Å². The van der Waals surface area contributed by atoms with Crippen molar-refractivity contribution >= 4 is 62.7 Å². The highest BCUT2D eigenvalue weighted by atomic mass is 32.1. The van der Waals surface area contributed by atoms with Gasteiger partial charge in [-0.1, -0.05) is 54.6 Å². The van der Waals surface area contributed by atoms with Crippen LogP contribution in [0.5, 0.6) is 11.5 Å². The third kappa shape index (κ3) is 4.32. The highest BCUT2D eigenvalue weighted by Gasteiger charge is 2.34. The second kappa shape index (κ2) is 9.29. The highest BCUT2D eigenvalue weighted by Crippen LogP contribution is 2.28. The number of carbonyl (C=O) groups is 2. The van der Waals surface area contributed by atoms with Crippen LogP contribution in [-0.4, -0.2) is 21.9 Å². The van der Waals surface area contributed by atoms with Crippen molar-refractivity contribution in [2.24, 2.45) is 0 Å². The number of aromatic nitrogens is 1. The largest absolute Gasteiger partial charge is 0.457 e. The average Bonchev–Trinajstić information content (AvgIpc) is 2.91. The summed E-state index contributed by atoms with van der Waals surface area (Å²) in [5, 5.41) is 4.59. The van der Waals surface area contributed by atoms with Gasteiger partial charge in [-0.3, -0.25) is 19.8 Å². The summed E-state index contributed by atoms with van der Waals surface area (Å²) < 4.78 is 5.84. The Kier molecular flexibility index (Phi) is 5.67. The van der Waals surface area contributed by atoms with Gasteiger partial charge in [-0.25, -0.2) is 4.98 Å². The van der Waals surface area contributed by atoms with Crippen LogP contribution in [-0.2, 0) is 9.59 Å². The normalized spacial score (nSPS) is 14.9. The highest BCUT2D eigenvalue weighted by molar-refractivity contribution is 7.80. The zero-order valence-electron chi connectivity index (χ0n) is 19.4. The summed E-state index contributed by atoms with van der Waals surface area (Å²) in [6.07, 6.45) is 1.57. The van der Waals surface area contributed by atoms with Crippen molar-refractivity contribution in [1.82, 2.24) is 10.3 Å². The van der Waals surface area contributed by atoms with Crippen molar-refractivity contribution in [3.05, 3.63) is 114 Å². The van der Waals surface area contributed by atoms with Gasteiger partial charge in [0.25, 0.3) is 11.8 Å². The van der Waals surface area contributed by atoms with Gasteiger partial charge in [0.1, 0.15) is 17.1 Å². The van der Waals surface area contributed by atoms with Crippen molar-refractivity contribution in [2.45, 2.75) is 0 Å². The SMILES string of the molecule is O=C1NC(=S)N(c2ccc(Oc3ccccc3)cc2)C(=O)/C1=C/c1cccc2cc3ccccc3nc12. The summed E-state index contributed by atoms with van der Waals surface area (Å²) in [4.78, 5) is 32.5. The lowest BCUT2D eigenvalue weighted by atomic mass is 10.0. The molecule has 0 unspecified atom stereocenters. The molecule has 1 saturated heterocycles. The van der Waals surface area contributed by atoms with Crippen LogP contribution in [0.15, 0.2) is 109 Å². The first-order valence-electron chi connectivity index (χ1n) is 11.6. The van der Waals surface area contributed by atoms with Crippen LogP contribution in [0.3, 0.4) is 0 Å². The van der Waals surface area contributed by atoms with Gasteiger partial charge < -0.3 is 4.74 Å². The van der Waals surface area contributed by atoms with Crippen molar-refractivity contribution in [2.75, 3.05) is 4.90 Å². The van der Waals surface area contributed by atoms with Gasteiger partial charge in [-0.05, 0) is 66.8 Å². The first-order valence-corrected chi connectivity index (χ1v) is 12.0. The third-order valence-electron chi connectivity index (χ3n) is 6.05. The number of ether oxygens (including phenoxy) is 1. The average molecular weight is 502 g/mol. The van der Waals surface area contributed by atoms with Gasteiger partial charge in [0.2, 0.25) is 0 Å². The number of pyridine rings is 1. The molecular formula is C30H19N3O3S. The van der Waals surface area contributed by atoms with Gasteiger partial charge in [-0.15, -0.1) is 0 Å².